The second-order valence-electron chi connectivity index (χ2n) is 5.43. The summed E-state index contributed by atoms with van der Waals surface area (Å²) in [7, 11) is 0. The first-order valence-electron chi connectivity index (χ1n) is 5.71. The minimum absolute atomic E-state index is 0. The Bertz CT molecular complexity index is 475. The van der Waals surface area contributed by atoms with Gasteiger partial charge in [0.05, 0.1) is 0 Å². The molecule has 0 atom stereocenters. The summed E-state index contributed by atoms with van der Waals surface area (Å²) < 4.78 is 0. The molecule has 0 aromatic heterocycles. The molecule has 0 aliphatic heterocycles. The maximum absolute atomic E-state index is 11.0. The van der Waals surface area contributed by atoms with E-state index in [2.05, 4.69) is 0 Å². The van der Waals surface area contributed by atoms with E-state index in [9.17, 15) is 9.59 Å². The van der Waals surface area contributed by atoms with Gasteiger partial charge in [0.25, 0.3) is 0 Å². The zero-order chi connectivity index (χ0) is 14.1. The number of rotatable bonds is 3. The number of benzene rings is 1. The van der Waals surface area contributed by atoms with Crippen LogP contribution in [0, 0.1) is 6.92 Å². The molecule has 2 N–H and O–H groups in total. The molecule has 0 aliphatic carbocycles. The normalized spacial score (nSPS) is 11.0. The number of hydrogen-bond donors (Lipinski definition) is 2. The molecule has 0 radical (unpaired) electrons. The van der Waals surface area contributed by atoms with Crippen molar-refractivity contribution in [2.45, 2.75) is 39.0 Å². The van der Waals surface area contributed by atoms with Gasteiger partial charge < -0.3 is 10.2 Å². The first-order chi connectivity index (χ1) is 8.14. The average molecular weight is 290 g/mol. The second kappa shape index (κ2) is 6.99. The molecule has 0 amide bonds. The van der Waals surface area contributed by atoms with Gasteiger partial charge in [0.15, 0.2) is 5.92 Å². The van der Waals surface area contributed by atoms with Crippen LogP contribution in [-0.2, 0) is 15.0 Å². The molecule has 0 unspecified atom stereocenters. The van der Waals surface area contributed by atoms with Crippen LogP contribution in [0.25, 0.3) is 0 Å². The second-order valence-corrected chi connectivity index (χ2v) is 5.43. The average Bonchev–Trinajstić information content (AvgIpc) is 2.18. The van der Waals surface area contributed by atoms with Gasteiger partial charge in [-0.3, -0.25) is 9.59 Å². The molecule has 0 fully saturated rings. The van der Waals surface area contributed by atoms with E-state index < -0.39 is 17.9 Å². The Kier molecular flexibility index (Phi) is 6.92. The van der Waals surface area contributed by atoms with Gasteiger partial charge in [-0.15, -0.1) is 0 Å². The zero-order valence-electron chi connectivity index (χ0n) is 11.0. The number of carbonyl (C=O) groups is 2. The van der Waals surface area contributed by atoms with Crippen LogP contribution in [0.4, 0.5) is 0 Å². The predicted molar refractivity (Wildman–Crippen MR) is 75.0 cm³/mol. The van der Waals surface area contributed by atoms with E-state index >= 15 is 0 Å². The van der Waals surface area contributed by atoms with Gasteiger partial charge in [-0.1, -0.05) is 39.0 Å². The summed E-state index contributed by atoms with van der Waals surface area (Å²) in [5.41, 5.74) is 2.03. The summed E-state index contributed by atoms with van der Waals surface area (Å²) in [6.07, 6.45) is 0. The third kappa shape index (κ3) is 4.68. The van der Waals surface area contributed by atoms with Crippen LogP contribution in [0.2, 0.25) is 0 Å². The fourth-order valence-corrected chi connectivity index (χ4v) is 1.84. The molecular weight excluding hydrogens is 271 g/mol. The molecule has 4 nitrogen and oxygen atoms in total. The zero-order valence-corrected chi connectivity index (χ0v) is 11.0. The van der Waals surface area contributed by atoms with Crippen molar-refractivity contribution in [2.75, 3.05) is 0 Å². The summed E-state index contributed by atoms with van der Waals surface area (Å²) in [5.74, 6) is -4.18. The topological polar surface area (TPSA) is 74.6 Å². The number of hydrogen-bond acceptors (Lipinski definition) is 2. The monoisotopic (exact) mass is 290 g/mol. The molecule has 1 aromatic carbocycles. The fourth-order valence-electron chi connectivity index (χ4n) is 1.84. The Morgan fingerprint density at radius 2 is 1.58 bits per heavy atom. The Balaban J connectivity index is 0.00000324. The van der Waals surface area contributed by atoms with Gasteiger partial charge in [-0.05, 0) is 29.0 Å². The number of carboxylic acids is 2. The molecule has 0 bridgehead atoms. The van der Waals surface area contributed by atoms with Crippen LogP contribution in [0.1, 0.15) is 43.4 Å². The Labute approximate surface area is 155 Å². The van der Waals surface area contributed by atoms with Crippen molar-refractivity contribution in [2.24, 2.45) is 0 Å². The summed E-state index contributed by atoms with van der Waals surface area (Å²) in [6.45, 7) is 7.89. The van der Waals surface area contributed by atoms with Crippen molar-refractivity contribution < 1.29 is 19.8 Å². The summed E-state index contributed by atoms with van der Waals surface area (Å²) in [5, 5.41) is 17.9. The minimum atomic E-state index is -1.50. The molecule has 0 aliphatic rings. The van der Waals surface area contributed by atoms with Crippen molar-refractivity contribution in [3.8, 4) is 0 Å². The van der Waals surface area contributed by atoms with Crippen molar-refractivity contribution in [3.05, 3.63) is 34.9 Å². The van der Waals surface area contributed by atoms with Gasteiger partial charge in [0.1, 0.15) is 0 Å². The van der Waals surface area contributed by atoms with Gasteiger partial charge in [0.2, 0.25) is 0 Å². The van der Waals surface area contributed by atoms with Gasteiger partial charge >= 0.3 is 63.3 Å². The standard InChI is InChI=1S/C14H18O4.K.H/c1-8-7-9(14(2,3)4)5-6-10(8)11(12(15)16)13(17)18;;/h5-7,11H,1-4H3,(H,15,16)(H,17,18);;. The number of aliphatic carboxylic acids is 2. The first-order valence-corrected chi connectivity index (χ1v) is 5.71. The van der Waals surface area contributed by atoms with Crippen LogP contribution in [0.3, 0.4) is 0 Å². The van der Waals surface area contributed by atoms with Crippen LogP contribution >= 0.6 is 0 Å². The molecule has 19 heavy (non-hydrogen) atoms. The molecule has 1 aromatic rings. The third-order valence-electron chi connectivity index (χ3n) is 2.94. The van der Waals surface area contributed by atoms with Crippen LogP contribution in [0.5, 0.6) is 0 Å². The molecule has 0 heterocycles. The van der Waals surface area contributed by atoms with Crippen LogP contribution < -0.4 is 0 Å². The molecule has 0 saturated heterocycles. The van der Waals surface area contributed by atoms with E-state index in [1.54, 1.807) is 19.1 Å². The summed E-state index contributed by atoms with van der Waals surface area (Å²) in [6, 6.07) is 5.25. The van der Waals surface area contributed by atoms with Gasteiger partial charge in [-0.2, -0.15) is 0 Å². The third-order valence-corrected chi connectivity index (χ3v) is 2.94. The van der Waals surface area contributed by atoms with E-state index in [0.29, 0.717) is 11.1 Å². The summed E-state index contributed by atoms with van der Waals surface area (Å²) in [4.78, 5) is 22.0. The van der Waals surface area contributed by atoms with Crippen molar-refractivity contribution in [1.82, 2.24) is 0 Å². The van der Waals surface area contributed by atoms with Crippen LogP contribution in [0.15, 0.2) is 18.2 Å². The molecule has 1 rings (SSSR count). The van der Waals surface area contributed by atoms with Crippen molar-refractivity contribution in [1.29, 1.82) is 0 Å². The molecule has 0 spiro atoms. The van der Waals surface area contributed by atoms with Gasteiger partial charge in [0, 0.05) is 0 Å². The van der Waals surface area contributed by atoms with E-state index in [4.69, 9.17) is 10.2 Å². The van der Waals surface area contributed by atoms with E-state index in [-0.39, 0.29) is 56.8 Å². The van der Waals surface area contributed by atoms with Gasteiger partial charge in [-0.25, -0.2) is 0 Å². The van der Waals surface area contributed by atoms with E-state index in [0.717, 1.165) is 5.56 Å². The Hall–Kier alpha value is -0.204. The molecule has 0 saturated carbocycles. The van der Waals surface area contributed by atoms with E-state index in [1.165, 1.54) is 0 Å². The fraction of sp³-hybridized carbons (Fsp3) is 0.429. The van der Waals surface area contributed by atoms with Crippen molar-refractivity contribution >= 4 is 63.3 Å². The number of aryl methyl sites for hydroxylation is 1. The number of carboxylic acid groups (broad SMARTS) is 2. The molecular formula is C14H19KO4. The Morgan fingerprint density at radius 3 is 1.89 bits per heavy atom. The van der Waals surface area contributed by atoms with E-state index in [1.807, 2.05) is 26.8 Å². The van der Waals surface area contributed by atoms with Crippen molar-refractivity contribution in [3.63, 3.8) is 0 Å². The predicted octanol–water partition coefficient (Wildman–Crippen LogP) is 1.90. The van der Waals surface area contributed by atoms with Crippen LogP contribution in [-0.4, -0.2) is 73.5 Å². The first kappa shape index (κ1) is 18.8. The Morgan fingerprint density at radius 1 is 1.11 bits per heavy atom. The maximum atomic E-state index is 11.0. The SMILES string of the molecule is Cc1cc(C(C)(C)C)ccc1C(C(=O)O)C(=O)O.[KH]. The quantitative estimate of drug-likeness (QED) is 0.658. The molecule has 5 heteroatoms. The molecule has 100 valence electrons. The summed E-state index contributed by atoms with van der Waals surface area (Å²) >= 11 is 0.